The third-order valence-corrected chi connectivity index (χ3v) is 7.12. The van der Waals surface area contributed by atoms with Crippen molar-refractivity contribution in [2.24, 2.45) is 5.92 Å². The zero-order chi connectivity index (χ0) is 28.2. The van der Waals surface area contributed by atoms with E-state index in [0.29, 0.717) is 12.1 Å². The predicted molar refractivity (Wildman–Crippen MR) is 151 cm³/mol. The number of anilines is 1. The Morgan fingerprint density at radius 3 is 2.21 bits per heavy atom. The zero-order valence-corrected chi connectivity index (χ0v) is 24.1. The fourth-order valence-corrected chi connectivity index (χ4v) is 4.44. The minimum Gasteiger partial charge on any atom is -0.444 e. The minimum absolute atomic E-state index is 0.0799. The van der Waals surface area contributed by atoms with E-state index in [1.165, 1.54) is 0 Å². The number of alkyl carbamates (subject to hydrolysis) is 1. The van der Waals surface area contributed by atoms with Gasteiger partial charge in [-0.3, -0.25) is 9.59 Å². The summed E-state index contributed by atoms with van der Waals surface area (Å²) < 4.78 is 5.48. The van der Waals surface area contributed by atoms with E-state index in [1.807, 2.05) is 77.1 Å². The van der Waals surface area contributed by atoms with Crippen LogP contribution in [0.15, 0.2) is 42.5 Å². The van der Waals surface area contributed by atoms with Crippen molar-refractivity contribution >= 4 is 23.6 Å². The quantitative estimate of drug-likeness (QED) is 0.410. The van der Waals surface area contributed by atoms with Gasteiger partial charge in [0, 0.05) is 11.7 Å². The lowest BCUT2D eigenvalue weighted by atomic mass is 9.94. The molecule has 3 amide bonds. The second-order valence-electron chi connectivity index (χ2n) is 11.5. The number of nitrogens with zero attached hydrogens (tertiary/aromatic N) is 1. The van der Waals surface area contributed by atoms with E-state index in [-0.39, 0.29) is 23.8 Å². The number of aryl methyl sites for hydroxylation is 3. The number of nitrogens with one attached hydrogen (secondary N) is 2. The van der Waals surface area contributed by atoms with Crippen LogP contribution in [-0.2, 0) is 14.3 Å². The van der Waals surface area contributed by atoms with Gasteiger partial charge in [-0.15, -0.1) is 0 Å². The molecule has 0 heterocycles. The monoisotopic (exact) mass is 521 g/mol. The SMILES string of the molecule is CCC(C)C(NC(=O)OC(C)(C)C)C(=O)N(C1CC1)C(C(=O)Nc1ccccc1C)c1ccc(C)c(C)c1. The lowest BCUT2D eigenvalue weighted by Gasteiger charge is -2.36. The number of para-hydroxylation sites is 1. The summed E-state index contributed by atoms with van der Waals surface area (Å²) in [4.78, 5) is 42.7. The van der Waals surface area contributed by atoms with Crippen LogP contribution in [0, 0.1) is 26.7 Å². The van der Waals surface area contributed by atoms with E-state index >= 15 is 0 Å². The molecule has 1 saturated carbocycles. The molecule has 1 aliphatic carbocycles. The summed E-state index contributed by atoms with van der Waals surface area (Å²) >= 11 is 0. The van der Waals surface area contributed by atoms with E-state index in [4.69, 9.17) is 4.74 Å². The summed E-state index contributed by atoms with van der Waals surface area (Å²) in [6.45, 7) is 15.2. The smallest absolute Gasteiger partial charge is 0.408 e. The molecule has 1 fully saturated rings. The summed E-state index contributed by atoms with van der Waals surface area (Å²) in [5.74, 6) is -0.699. The molecule has 0 aromatic heterocycles. The van der Waals surface area contributed by atoms with E-state index in [9.17, 15) is 14.4 Å². The van der Waals surface area contributed by atoms with Crippen LogP contribution in [0.3, 0.4) is 0 Å². The number of carbonyl (C=O) groups excluding carboxylic acids is 3. The molecule has 206 valence electrons. The van der Waals surface area contributed by atoms with Gasteiger partial charge in [0.2, 0.25) is 5.91 Å². The molecule has 7 nitrogen and oxygen atoms in total. The Morgan fingerprint density at radius 1 is 1.00 bits per heavy atom. The number of benzene rings is 2. The molecule has 2 aromatic carbocycles. The number of hydrogen-bond acceptors (Lipinski definition) is 4. The summed E-state index contributed by atoms with van der Waals surface area (Å²) in [7, 11) is 0. The number of amides is 3. The molecule has 38 heavy (non-hydrogen) atoms. The average molecular weight is 522 g/mol. The Morgan fingerprint density at radius 2 is 1.66 bits per heavy atom. The summed E-state index contributed by atoms with van der Waals surface area (Å²) in [6.07, 6.45) is 1.66. The first-order valence-corrected chi connectivity index (χ1v) is 13.6. The third-order valence-electron chi connectivity index (χ3n) is 7.12. The lowest BCUT2D eigenvalue weighted by Crippen LogP contribution is -2.55. The second kappa shape index (κ2) is 12.0. The number of ether oxygens (including phenoxy) is 1. The van der Waals surface area contributed by atoms with Gasteiger partial charge in [0.15, 0.2) is 0 Å². The van der Waals surface area contributed by atoms with Gasteiger partial charge in [0.1, 0.15) is 17.7 Å². The van der Waals surface area contributed by atoms with Crippen LogP contribution in [0.25, 0.3) is 0 Å². The van der Waals surface area contributed by atoms with Crippen LogP contribution in [0.2, 0.25) is 0 Å². The van der Waals surface area contributed by atoms with E-state index in [2.05, 4.69) is 10.6 Å². The molecule has 0 spiro atoms. The highest BCUT2D eigenvalue weighted by Gasteiger charge is 2.45. The van der Waals surface area contributed by atoms with Gasteiger partial charge in [-0.1, -0.05) is 56.7 Å². The normalized spacial score (nSPS) is 15.7. The van der Waals surface area contributed by atoms with Crippen LogP contribution in [0.5, 0.6) is 0 Å². The maximum atomic E-state index is 14.3. The third kappa shape index (κ3) is 7.36. The van der Waals surface area contributed by atoms with Gasteiger partial charge in [-0.05, 0) is 88.6 Å². The highest BCUT2D eigenvalue weighted by Crippen LogP contribution is 2.37. The molecule has 0 saturated heterocycles. The van der Waals surface area contributed by atoms with Crippen molar-refractivity contribution in [3.05, 3.63) is 64.7 Å². The maximum absolute atomic E-state index is 14.3. The Bertz CT molecular complexity index is 1170. The number of carbonyl (C=O) groups is 3. The van der Waals surface area contributed by atoms with Gasteiger partial charge >= 0.3 is 6.09 Å². The Labute approximate surface area is 227 Å². The first-order valence-electron chi connectivity index (χ1n) is 13.6. The summed E-state index contributed by atoms with van der Waals surface area (Å²) in [5.41, 5.74) is 3.86. The Kier molecular flexibility index (Phi) is 9.23. The van der Waals surface area contributed by atoms with Crippen molar-refractivity contribution in [1.29, 1.82) is 0 Å². The first-order chi connectivity index (χ1) is 17.8. The van der Waals surface area contributed by atoms with Gasteiger partial charge in [0.05, 0.1) is 0 Å². The molecule has 3 atom stereocenters. The molecular formula is C31H43N3O4. The van der Waals surface area contributed by atoms with Gasteiger partial charge in [-0.25, -0.2) is 4.79 Å². The second-order valence-corrected chi connectivity index (χ2v) is 11.5. The van der Waals surface area contributed by atoms with Crippen LogP contribution >= 0.6 is 0 Å². The van der Waals surface area contributed by atoms with Crippen molar-refractivity contribution in [3.8, 4) is 0 Å². The summed E-state index contributed by atoms with van der Waals surface area (Å²) in [5, 5.41) is 5.90. The van der Waals surface area contributed by atoms with Crippen LogP contribution < -0.4 is 10.6 Å². The molecule has 1 aliphatic rings. The highest BCUT2D eigenvalue weighted by atomic mass is 16.6. The van der Waals surface area contributed by atoms with Crippen LogP contribution in [0.1, 0.15) is 82.2 Å². The van der Waals surface area contributed by atoms with E-state index < -0.39 is 23.8 Å². The Hall–Kier alpha value is -3.35. The molecule has 0 bridgehead atoms. The lowest BCUT2D eigenvalue weighted by molar-refractivity contribution is -0.142. The fraction of sp³-hybridized carbons (Fsp3) is 0.516. The molecular weight excluding hydrogens is 478 g/mol. The van der Waals surface area contributed by atoms with Crippen molar-refractivity contribution in [2.75, 3.05) is 5.32 Å². The largest absolute Gasteiger partial charge is 0.444 e. The molecule has 0 radical (unpaired) electrons. The molecule has 2 aromatic rings. The van der Waals surface area contributed by atoms with E-state index in [0.717, 1.165) is 35.1 Å². The molecule has 2 N–H and O–H groups in total. The minimum atomic E-state index is -0.846. The van der Waals surface area contributed by atoms with Crippen LogP contribution in [-0.4, -0.2) is 40.5 Å². The van der Waals surface area contributed by atoms with Crippen LogP contribution in [0.4, 0.5) is 10.5 Å². The summed E-state index contributed by atoms with van der Waals surface area (Å²) in [6, 6.07) is 11.7. The maximum Gasteiger partial charge on any atom is 0.408 e. The van der Waals surface area contributed by atoms with Crippen molar-refractivity contribution < 1.29 is 19.1 Å². The number of hydrogen-bond donors (Lipinski definition) is 2. The van der Waals surface area contributed by atoms with Gasteiger partial charge in [-0.2, -0.15) is 0 Å². The molecule has 7 heteroatoms. The standard InChI is InChI=1S/C31H43N3O4/c1-9-19(2)26(33-30(37)38-31(6,7)8)29(36)34(24-16-17-24)27(23-15-14-20(3)22(5)18-23)28(35)32-25-13-11-10-12-21(25)4/h10-15,18-19,24,26-27H,9,16-17H2,1-8H3,(H,32,35)(H,33,37). The first kappa shape index (κ1) is 29.2. The van der Waals surface area contributed by atoms with Crippen molar-refractivity contribution in [1.82, 2.24) is 10.2 Å². The predicted octanol–water partition coefficient (Wildman–Crippen LogP) is 6.22. The van der Waals surface area contributed by atoms with Crippen molar-refractivity contribution in [2.45, 2.75) is 98.4 Å². The fourth-order valence-electron chi connectivity index (χ4n) is 4.44. The van der Waals surface area contributed by atoms with Gasteiger partial charge < -0.3 is 20.3 Å². The molecule has 0 aliphatic heterocycles. The Balaban J connectivity index is 2.04. The van der Waals surface area contributed by atoms with Crippen molar-refractivity contribution in [3.63, 3.8) is 0 Å². The molecule has 3 rings (SSSR count). The zero-order valence-electron chi connectivity index (χ0n) is 24.1. The molecule has 3 unspecified atom stereocenters. The number of rotatable bonds is 9. The topological polar surface area (TPSA) is 87.7 Å². The average Bonchev–Trinajstić information content (AvgIpc) is 3.67. The van der Waals surface area contributed by atoms with Gasteiger partial charge in [0.25, 0.3) is 5.91 Å². The van der Waals surface area contributed by atoms with E-state index in [1.54, 1.807) is 25.7 Å². The highest BCUT2D eigenvalue weighted by molar-refractivity contribution is 5.99.